The molecule has 0 aliphatic carbocycles. The van der Waals surface area contributed by atoms with Crippen LogP contribution in [0.15, 0.2) is 54.6 Å². The number of ether oxygens (including phenoxy) is 2. The van der Waals surface area contributed by atoms with E-state index in [0.717, 1.165) is 18.5 Å². The number of carbonyl (C=O) groups is 1. The summed E-state index contributed by atoms with van der Waals surface area (Å²) in [6.45, 7) is 1.88. The molecule has 1 fully saturated rings. The molecule has 1 aliphatic heterocycles. The van der Waals surface area contributed by atoms with Crippen LogP contribution in [0.2, 0.25) is 0 Å². The molecule has 2 aromatic carbocycles. The monoisotopic (exact) mass is 489 g/mol. The van der Waals surface area contributed by atoms with Gasteiger partial charge in [-0.3, -0.25) is 4.79 Å². The Morgan fingerprint density at radius 2 is 1.79 bits per heavy atom. The highest BCUT2D eigenvalue weighted by atomic mass is 32.2. The number of methoxy groups -OCH3 is 2. The van der Waals surface area contributed by atoms with Crippen molar-refractivity contribution in [3.8, 4) is 5.75 Å². The van der Waals surface area contributed by atoms with Crippen LogP contribution in [0.1, 0.15) is 35.2 Å². The molecule has 186 valence electrons. The van der Waals surface area contributed by atoms with Crippen LogP contribution in [0.3, 0.4) is 0 Å². The summed E-state index contributed by atoms with van der Waals surface area (Å²) in [4.78, 5) is 13.5. The third kappa shape index (κ3) is 5.60. The Kier molecular flexibility index (Phi) is 9.07. The van der Waals surface area contributed by atoms with Gasteiger partial charge < -0.3 is 20.1 Å². The Morgan fingerprint density at radius 1 is 1.09 bits per heavy atom. The fourth-order valence-electron chi connectivity index (χ4n) is 4.62. The van der Waals surface area contributed by atoms with Gasteiger partial charge in [0.2, 0.25) is 10.0 Å². The topological polar surface area (TPSA) is 97.0 Å². The predicted molar refractivity (Wildman–Crippen MR) is 133 cm³/mol. The largest absolute Gasteiger partial charge is 0.496 e. The molecule has 2 N–H and O–H groups in total. The molecule has 3 rings (SSSR count). The van der Waals surface area contributed by atoms with E-state index in [0.29, 0.717) is 30.7 Å². The Balaban J connectivity index is 2.13. The van der Waals surface area contributed by atoms with E-state index in [1.54, 1.807) is 24.3 Å². The lowest BCUT2D eigenvalue weighted by atomic mass is 9.74. The first-order chi connectivity index (χ1) is 16.4. The number of rotatable bonds is 10. The number of nitrogens with zero attached hydrogens (tertiary/aromatic N) is 1. The van der Waals surface area contributed by atoms with Crippen LogP contribution in [0, 0.1) is 0 Å². The molecule has 0 bridgehead atoms. The number of hydrogen-bond donors (Lipinski definition) is 2. The van der Waals surface area contributed by atoms with E-state index in [4.69, 9.17) is 9.47 Å². The number of benzene rings is 2. The Bertz CT molecular complexity index is 1040. The maximum Gasteiger partial charge on any atom is 0.256 e. The lowest BCUT2D eigenvalue weighted by Crippen LogP contribution is -2.58. The lowest BCUT2D eigenvalue weighted by Gasteiger charge is -2.42. The minimum Gasteiger partial charge on any atom is -0.496 e. The van der Waals surface area contributed by atoms with Gasteiger partial charge in [-0.1, -0.05) is 42.5 Å². The minimum atomic E-state index is -3.97. The molecular weight excluding hydrogens is 454 g/mol. The van der Waals surface area contributed by atoms with Gasteiger partial charge in [0.1, 0.15) is 5.75 Å². The summed E-state index contributed by atoms with van der Waals surface area (Å²) in [5.74, 6) is -0.0983. The highest BCUT2D eigenvalue weighted by molar-refractivity contribution is 7.89. The predicted octanol–water partition coefficient (Wildman–Crippen LogP) is 2.37. The summed E-state index contributed by atoms with van der Waals surface area (Å²) >= 11 is 0. The number of hydrogen-bond acceptors (Lipinski definition) is 6. The van der Waals surface area contributed by atoms with Gasteiger partial charge in [-0.2, -0.15) is 0 Å². The summed E-state index contributed by atoms with van der Waals surface area (Å²) in [6.07, 6.45) is 1.96. The fraction of sp³-hybridized carbons (Fsp3) is 0.480. The van der Waals surface area contributed by atoms with Gasteiger partial charge in [-0.05, 0) is 50.0 Å². The molecule has 1 amide bonds. The number of para-hydroxylation sites is 1. The zero-order valence-electron chi connectivity index (χ0n) is 20.1. The van der Waals surface area contributed by atoms with Crippen molar-refractivity contribution in [3.05, 3.63) is 65.7 Å². The van der Waals surface area contributed by atoms with E-state index in [-0.39, 0.29) is 13.2 Å². The lowest BCUT2D eigenvalue weighted by molar-refractivity contribution is 0.0924. The molecule has 2 atom stereocenters. The van der Waals surface area contributed by atoms with E-state index in [1.165, 1.54) is 25.6 Å². The van der Waals surface area contributed by atoms with Crippen molar-refractivity contribution < 1.29 is 22.7 Å². The molecule has 2 aromatic rings. The van der Waals surface area contributed by atoms with E-state index < -0.39 is 26.7 Å². The van der Waals surface area contributed by atoms with Gasteiger partial charge in [0.05, 0.1) is 19.3 Å². The third-order valence-corrected chi connectivity index (χ3v) is 8.75. The zero-order valence-corrected chi connectivity index (χ0v) is 20.9. The highest BCUT2D eigenvalue weighted by Crippen LogP contribution is 2.40. The maximum atomic E-state index is 14.1. The third-order valence-electron chi connectivity index (χ3n) is 6.53. The molecule has 1 saturated heterocycles. The highest BCUT2D eigenvalue weighted by Gasteiger charge is 2.49. The molecule has 8 nitrogen and oxygen atoms in total. The van der Waals surface area contributed by atoms with Gasteiger partial charge in [0, 0.05) is 26.1 Å². The standard InChI is InChI=1S/C25H35N3O5S/c1-28(18-19-32-2)34(30,31)24(27-23(29)21-12-7-8-13-22(21)33-3)25(14-9-16-26-17-15-25)20-10-5-4-6-11-20/h4-8,10-13,24,26H,9,14-19H2,1-3H3,(H,27,29). The van der Waals surface area contributed by atoms with Crippen LogP contribution in [-0.2, 0) is 20.2 Å². The molecule has 1 aliphatic rings. The summed E-state index contributed by atoms with van der Waals surface area (Å²) in [5.41, 5.74) is 0.371. The Hall–Kier alpha value is -2.46. The molecule has 9 heteroatoms. The molecule has 0 saturated carbocycles. The summed E-state index contributed by atoms with van der Waals surface area (Å²) in [6, 6.07) is 16.5. The maximum absolute atomic E-state index is 14.1. The van der Waals surface area contributed by atoms with E-state index in [1.807, 2.05) is 30.3 Å². The molecule has 0 spiro atoms. The summed E-state index contributed by atoms with van der Waals surface area (Å²) < 4.78 is 39.9. The second kappa shape index (κ2) is 11.8. The SMILES string of the molecule is COCCN(C)S(=O)(=O)C(NC(=O)c1ccccc1OC)C1(c2ccccc2)CCCNCC1. The van der Waals surface area contributed by atoms with E-state index >= 15 is 0 Å². The minimum absolute atomic E-state index is 0.184. The van der Waals surface area contributed by atoms with Crippen LogP contribution < -0.4 is 15.4 Å². The van der Waals surface area contributed by atoms with Crippen molar-refractivity contribution in [1.29, 1.82) is 0 Å². The van der Waals surface area contributed by atoms with Gasteiger partial charge in [0.25, 0.3) is 5.91 Å². The normalized spacial score (nSPS) is 19.9. The molecule has 0 radical (unpaired) electrons. The average Bonchev–Trinajstić information content (AvgIpc) is 3.12. The summed E-state index contributed by atoms with van der Waals surface area (Å²) in [7, 11) is 0.585. The van der Waals surface area contributed by atoms with Gasteiger partial charge in [-0.25, -0.2) is 12.7 Å². The van der Waals surface area contributed by atoms with Crippen LogP contribution in [0.25, 0.3) is 0 Å². The second-order valence-electron chi connectivity index (χ2n) is 8.54. The molecule has 0 aromatic heterocycles. The van der Waals surface area contributed by atoms with Crippen molar-refractivity contribution >= 4 is 15.9 Å². The number of carbonyl (C=O) groups excluding carboxylic acids is 1. The van der Waals surface area contributed by atoms with E-state index in [2.05, 4.69) is 10.6 Å². The number of amides is 1. The summed E-state index contributed by atoms with van der Waals surface area (Å²) in [5, 5.41) is 5.13. The molecule has 34 heavy (non-hydrogen) atoms. The van der Waals surface area contributed by atoms with Crippen molar-refractivity contribution in [1.82, 2.24) is 14.9 Å². The smallest absolute Gasteiger partial charge is 0.256 e. The quantitative estimate of drug-likeness (QED) is 0.532. The van der Waals surface area contributed by atoms with Crippen LogP contribution >= 0.6 is 0 Å². The Labute approximate surface area is 202 Å². The van der Waals surface area contributed by atoms with Crippen molar-refractivity contribution in [2.75, 3.05) is 47.5 Å². The van der Waals surface area contributed by atoms with Crippen LogP contribution in [-0.4, -0.2) is 71.5 Å². The second-order valence-corrected chi connectivity index (χ2v) is 10.7. The van der Waals surface area contributed by atoms with Gasteiger partial charge in [0.15, 0.2) is 5.37 Å². The first-order valence-corrected chi connectivity index (χ1v) is 13.0. The number of nitrogens with one attached hydrogen (secondary N) is 2. The Morgan fingerprint density at radius 3 is 2.50 bits per heavy atom. The molecular formula is C25H35N3O5S. The fourth-order valence-corrected chi connectivity index (χ4v) is 6.50. The average molecular weight is 490 g/mol. The number of likely N-dealkylation sites (N-methyl/N-ethyl adjacent to an activating group) is 1. The van der Waals surface area contributed by atoms with Crippen molar-refractivity contribution in [2.45, 2.75) is 30.1 Å². The van der Waals surface area contributed by atoms with Crippen LogP contribution in [0.4, 0.5) is 0 Å². The molecule has 2 unspecified atom stereocenters. The van der Waals surface area contributed by atoms with Crippen molar-refractivity contribution in [2.24, 2.45) is 0 Å². The molecule has 1 heterocycles. The van der Waals surface area contributed by atoms with E-state index in [9.17, 15) is 13.2 Å². The van der Waals surface area contributed by atoms with Gasteiger partial charge in [-0.15, -0.1) is 0 Å². The number of sulfonamides is 1. The van der Waals surface area contributed by atoms with Crippen molar-refractivity contribution in [3.63, 3.8) is 0 Å². The van der Waals surface area contributed by atoms with Gasteiger partial charge >= 0.3 is 0 Å². The van der Waals surface area contributed by atoms with Crippen LogP contribution in [0.5, 0.6) is 5.75 Å². The zero-order chi connectivity index (χ0) is 24.6. The first kappa shape index (κ1) is 26.2. The first-order valence-electron chi connectivity index (χ1n) is 11.5.